The topological polar surface area (TPSA) is 64.1 Å². The van der Waals surface area contributed by atoms with Gasteiger partial charge in [0.25, 0.3) is 0 Å². The van der Waals surface area contributed by atoms with Gasteiger partial charge in [0.15, 0.2) is 17.5 Å². The second-order valence-electron chi connectivity index (χ2n) is 6.10. The summed E-state index contributed by atoms with van der Waals surface area (Å²) >= 11 is 0. The van der Waals surface area contributed by atoms with Crippen LogP contribution in [0.1, 0.15) is 17.2 Å². The third-order valence-electron chi connectivity index (χ3n) is 4.36. The molecule has 0 saturated carbocycles. The first kappa shape index (κ1) is 25.0. The minimum atomic E-state index is -0.265. The van der Waals surface area contributed by atoms with Gasteiger partial charge >= 0.3 is 0 Å². The molecule has 0 aromatic heterocycles. The highest BCUT2D eigenvalue weighted by Crippen LogP contribution is 2.27. The average Bonchev–Trinajstić information content (AvgIpc) is 2.73. The molecule has 2 N–H and O–H groups in total. The Kier molecular flexibility index (Phi) is 11.4. The fourth-order valence-electron chi connectivity index (χ4n) is 2.79. The summed E-state index contributed by atoms with van der Waals surface area (Å²) in [6, 6.07) is 12.2. The molecular weight excluding hydrogens is 488 g/mol. The lowest BCUT2D eigenvalue weighted by atomic mass is 10.1. The van der Waals surface area contributed by atoms with Gasteiger partial charge in [-0.15, -0.1) is 24.0 Å². The third-order valence-corrected chi connectivity index (χ3v) is 4.36. The fourth-order valence-corrected chi connectivity index (χ4v) is 2.79. The molecule has 8 heteroatoms. The summed E-state index contributed by atoms with van der Waals surface area (Å²) in [5.41, 5.74) is 2.03. The number of hydrogen-bond acceptors (Lipinski definition) is 4. The van der Waals surface area contributed by atoms with Crippen LogP contribution < -0.4 is 20.1 Å². The van der Waals surface area contributed by atoms with Crippen molar-refractivity contribution in [2.75, 3.05) is 41.5 Å². The highest BCUT2D eigenvalue weighted by Gasteiger charge is 2.11. The van der Waals surface area contributed by atoms with Gasteiger partial charge < -0.3 is 24.8 Å². The van der Waals surface area contributed by atoms with Gasteiger partial charge in [-0.05, 0) is 41.8 Å². The number of aliphatic imine (C=N–C) groups is 1. The summed E-state index contributed by atoms with van der Waals surface area (Å²) in [6.45, 7) is 1.21. The maximum absolute atomic E-state index is 13.1. The van der Waals surface area contributed by atoms with E-state index in [-0.39, 0.29) is 35.9 Å². The predicted octanol–water partition coefficient (Wildman–Crippen LogP) is 3.56. The van der Waals surface area contributed by atoms with Gasteiger partial charge in [-0.25, -0.2) is 4.39 Å². The van der Waals surface area contributed by atoms with Gasteiger partial charge in [0.1, 0.15) is 5.82 Å². The first-order valence-electron chi connectivity index (χ1n) is 9.05. The van der Waals surface area contributed by atoms with Crippen LogP contribution in [0.4, 0.5) is 4.39 Å². The maximum atomic E-state index is 13.1. The molecule has 0 heterocycles. The molecule has 0 radical (unpaired) electrons. The molecule has 0 saturated heterocycles. The molecule has 160 valence electrons. The number of halogens is 2. The van der Waals surface area contributed by atoms with E-state index < -0.39 is 0 Å². The first-order chi connectivity index (χ1) is 13.6. The number of benzene rings is 2. The van der Waals surface area contributed by atoms with Crippen molar-refractivity contribution in [3.8, 4) is 11.5 Å². The van der Waals surface area contributed by atoms with Crippen LogP contribution in [-0.2, 0) is 11.2 Å². The monoisotopic (exact) mass is 517 g/mol. The molecule has 2 aromatic rings. The Labute approximate surface area is 188 Å². The number of methoxy groups -OCH3 is 3. The van der Waals surface area contributed by atoms with Crippen LogP contribution in [0.3, 0.4) is 0 Å². The quantitative estimate of drug-likeness (QED) is 0.303. The van der Waals surface area contributed by atoms with Crippen LogP contribution in [0.5, 0.6) is 11.5 Å². The predicted molar refractivity (Wildman–Crippen MR) is 124 cm³/mol. The number of nitrogens with one attached hydrogen (secondary N) is 2. The lowest BCUT2D eigenvalue weighted by Crippen LogP contribution is -2.40. The largest absolute Gasteiger partial charge is 0.493 e. The molecule has 6 nitrogen and oxygen atoms in total. The number of ether oxygens (including phenoxy) is 3. The van der Waals surface area contributed by atoms with Crippen LogP contribution >= 0.6 is 24.0 Å². The molecule has 0 amide bonds. The summed E-state index contributed by atoms with van der Waals surface area (Å²) in [5, 5.41) is 6.51. The lowest BCUT2D eigenvalue weighted by Gasteiger charge is -2.19. The summed E-state index contributed by atoms with van der Waals surface area (Å²) < 4.78 is 29.2. The summed E-state index contributed by atoms with van der Waals surface area (Å²) in [7, 11) is 6.58. The zero-order valence-electron chi connectivity index (χ0n) is 17.2. The van der Waals surface area contributed by atoms with E-state index >= 15 is 0 Å². The molecule has 2 rings (SSSR count). The Hall–Kier alpha value is -2.07. The van der Waals surface area contributed by atoms with Crippen LogP contribution in [0.25, 0.3) is 0 Å². The minimum absolute atomic E-state index is 0. The van der Waals surface area contributed by atoms with Gasteiger partial charge in [-0.2, -0.15) is 0 Å². The van der Waals surface area contributed by atoms with E-state index in [1.165, 1.54) is 12.1 Å². The lowest BCUT2D eigenvalue weighted by molar-refractivity contribution is 0.106. The van der Waals surface area contributed by atoms with Gasteiger partial charge in [-0.1, -0.05) is 18.2 Å². The number of hydrogen-bond donors (Lipinski definition) is 2. The third kappa shape index (κ3) is 7.69. The first-order valence-corrected chi connectivity index (χ1v) is 9.05. The normalized spacial score (nSPS) is 12.0. The maximum Gasteiger partial charge on any atom is 0.191 e. The standard InChI is InChI=1S/C21H28FN3O3.HI/c1-23-21(25-14-20(28-4)16-6-8-17(22)9-7-16)24-12-11-15-5-10-18(26-2)19(13-15)27-3;/h5-10,13,20H,11-12,14H2,1-4H3,(H2,23,24,25);1H. The Balaban J connectivity index is 0.00000420. The molecule has 1 unspecified atom stereocenters. The van der Waals surface area contributed by atoms with Crippen LogP contribution in [0, 0.1) is 5.82 Å². The molecule has 0 aliphatic heterocycles. The van der Waals surface area contributed by atoms with Gasteiger partial charge in [0.05, 0.1) is 20.3 Å². The Morgan fingerprint density at radius 1 is 1.00 bits per heavy atom. The van der Waals surface area contributed by atoms with Crippen molar-refractivity contribution in [1.29, 1.82) is 0 Å². The summed E-state index contributed by atoms with van der Waals surface area (Å²) in [5.74, 6) is 1.83. The molecule has 2 aromatic carbocycles. The van der Waals surface area contributed by atoms with E-state index in [2.05, 4.69) is 15.6 Å². The number of nitrogens with zero attached hydrogens (tertiary/aromatic N) is 1. The molecular formula is C21H29FIN3O3. The van der Waals surface area contributed by atoms with Crippen molar-refractivity contribution in [1.82, 2.24) is 10.6 Å². The van der Waals surface area contributed by atoms with Crippen molar-refractivity contribution < 1.29 is 18.6 Å². The molecule has 29 heavy (non-hydrogen) atoms. The SMILES string of the molecule is CN=C(NCCc1ccc(OC)c(OC)c1)NCC(OC)c1ccc(F)cc1.I. The van der Waals surface area contributed by atoms with E-state index in [0.29, 0.717) is 30.5 Å². The molecule has 0 spiro atoms. The average molecular weight is 517 g/mol. The van der Waals surface area contributed by atoms with E-state index in [0.717, 1.165) is 17.5 Å². The molecule has 0 aliphatic rings. The van der Waals surface area contributed by atoms with Crippen molar-refractivity contribution in [3.63, 3.8) is 0 Å². The molecule has 0 aliphatic carbocycles. The second-order valence-corrected chi connectivity index (χ2v) is 6.10. The highest BCUT2D eigenvalue weighted by molar-refractivity contribution is 14.0. The Bertz CT molecular complexity index is 772. The van der Waals surface area contributed by atoms with E-state index in [1.54, 1.807) is 40.5 Å². The fraction of sp³-hybridized carbons (Fsp3) is 0.381. The van der Waals surface area contributed by atoms with E-state index in [4.69, 9.17) is 14.2 Å². The molecule has 1 atom stereocenters. The minimum Gasteiger partial charge on any atom is -0.493 e. The van der Waals surface area contributed by atoms with Crippen molar-refractivity contribution >= 4 is 29.9 Å². The van der Waals surface area contributed by atoms with Crippen LogP contribution in [0.2, 0.25) is 0 Å². The Morgan fingerprint density at radius 3 is 2.28 bits per heavy atom. The Morgan fingerprint density at radius 2 is 1.69 bits per heavy atom. The van der Waals surface area contributed by atoms with Crippen LogP contribution in [-0.4, -0.2) is 47.4 Å². The molecule has 0 fully saturated rings. The zero-order valence-corrected chi connectivity index (χ0v) is 19.5. The van der Waals surface area contributed by atoms with Crippen LogP contribution in [0.15, 0.2) is 47.5 Å². The van der Waals surface area contributed by atoms with Crippen molar-refractivity contribution in [3.05, 3.63) is 59.4 Å². The van der Waals surface area contributed by atoms with E-state index in [1.807, 2.05) is 18.2 Å². The second kappa shape index (κ2) is 13.2. The highest BCUT2D eigenvalue weighted by atomic mass is 127. The zero-order chi connectivity index (χ0) is 20.4. The van der Waals surface area contributed by atoms with Gasteiger partial charge in [-0.3, -0.25) is 4.99 Å². The van der Waals surface area contributed by atoms with Gasteiger partial charge in [0.2, 0.25) is 0 Å². The van der Waals surface area contributed by atoms with Crippen molar-refractivity contribution in [2.45, 2.75) is 12.5 Å². The van der Waals surface area contributed by atoms with Gasteiger partial charge in [0, 0.05) is 27.2 Å². The van der Waals surface area contributed by atoms with Crippen molar-refractivity contribution in [2.24, 2.45) is 4.99 Å². The summed E-state index contributed by atoms with van der Waals surface area (Å²) in [6.07, 6.45) is 0.595. The number of guanidine groups is 1. The number of rotatable bonds is 9. The summed E-state index contributed by atoms with van der Waals surface area (Å²) in [4.78, 5) is 4.23. The van der Waals surface area contributed by atoms with E-state index in [9.17, 15) is 4.39 Å². The smallest absolute Gasteiger partial charge is 0.191 e. The molecule has 0 bridgehead atoms.